The number of carbonyl (C=O) groups excluding carboxylic acids is 1. The van der Waals surface area contributed by atoms with Crippen LogP contribution in [0.2, 0.25) is 0 Å². The van der Waals surface area contributed by atoms with Crippen LogP contribution in [0, 0.1) is 17.8 Å². The lowest BCUT2D eigenvalue weighted by Crippen LogP contribution is -2.46. The second-order valence-corrected chi connectivity index (χ2v) is 10.4. The summed E-state index contributed by atoms with van der Waals surface area (Å²) < 4.78 is 6.40. The van der Waals surface area contributed by atoms with Crippen LogP contribution in [0.15, 0.2) is 36.5 Å². The maximum absolute atomic E-state index is 13.3. The lowest BCUT2D eigenvalue weighted by Gasteiger charge is -2.48. The summed E-state index contributed by atoms with van der Waals surface area (Å²) in [6.07, 6.45) is 5.31. The van der Waals surface area contributed by atoms with Crippen molar-refractivity contribution in [1.82, 2.24) is 15.2 Å². The van der Waals surface area contributed by atoms with Gasteiger partial charge in [-0.3, -0.25) is 10.00 Å². The summed E-state index contributed by atoms with van der Waals surface area (Å²) in [5.41, 5.74) is 11.2. The molecule has 3 N–H and O–H groups in total. The number of anilines is 2. The minimum absolute atomic E-state index is 0.0766. The first-order valence-electron chi connectivity index (χ1n) is 11.1. The van der Waals surface area contributed by atoms with Gasteiger partial charge >= 0.3 is 6.09 Å². The summed E-state index contributed by atoms with van der Waals surface area (Å²) in [4.78, 5) is 19.6. The molecule has 0 spiro atoms. The van der Waals surface area contributed by atoms with Crippen molar-refractivity contribution in [3.05, 3.63) is 47.7 Å². The average molecular weight is 446 g/mol. The number of aromatic amines is 1. The fourth-order valence-corrected chi connectivity index (χ4v) is 7.74. The van der Waals surface area contributed by atoms with Gasteiger partial charge in [-0.15, -0.1) is 0 Å². The molecule has 2 aliphatic carbocycles. The average Bonchev–Trinajstić information content (AvgIpc) is 3.59. The number of benzene rings is 2. The van der Waals surface area contributed by atoms with E-state index in [2.05, 4.69) is 33.4 Å². The van der Waals surface area contributed by atoms with Gasteiger partial charge in [-0.1, -0.05) is 17.4 Å². The number of amides is 1. The van der Waals surface area contributed by atoms with Gasteiger partial charge in [0.15, 0.2) is 5.13 Å². The van der Waals surface area contributed by atoms with Crippen molar-refractivity contribution in [2.24, 2.45) is 17.8 Å². The number of nitrogens with zero attached hydrogens (tertiary/aromatic N) is 3. The highest BCUT2D eigenvalue weighted by Crippen LogP contribution is 2.66. The van der Waals surface area contributed by atoms with Gasteiger partial charge in [0.05, 0.1) is 40.8 Å². The third kappa shape index (κ3) is 2.33. The van der Waals surface area contributed by atoms with E-state index in [1.165, 1.54) is 43.3 Å². The first-order chi connectivity index (χ1) is 15.6. The van der Waals surface area contributed by atoms with Gasteiger partial charge < -0.3 is 10.5 Å². The van der Waals surface area contributed by atoms with E-state index in [-0.39, 0.29) is 12.1 Å². The summed E-state index contributed by atoms with van der Waals surface area (Å²) in [6.45, 7) is 0. The molecule has 4 aromatic rings. The molecule has 2 aromatic heterocycles. The molecule has 0 radical (unpaired) electrons. The summed E-state index contributed by atoms with van der Waals surface area (Å²) in [7, 11) is 1.47. The number of H-pyrrole nitrogens is 1. The molecule has 2 saturated carbocycles. The molecule has 0 saturated heterocycles. The fraction of sp³-hybridized carbons (Fsp3) is 0.375. The highest BCUT2D eigenvalue weighted by atomic mass is 32.1. The van der Waals surface area contributed by atoms with E-state index in [1.54, 1.807) is 0 Å². The van der Waals surface area contributed by atoms with E-state index < -0.39 is 0 Å². The third-order valence-corrected chi connectivity index (χ3v) is 8.85. The monoisotopic (exact) mass is 445 g/mol. The number of carbonyl (C=O) groups is 1. The Labute approximate surface area is 188 Å². The predicted octanol–water partition coefficient (Wildman–Crippen LogP) is 5.21. The Balaban J connectivity index is 1.50. The molecule has 3 unspecified atom stereocenters. The highest BCUT2D eigenvalue weighted by molar-refractivity contribution is 7.22. The van der Waals surface area contributed by atoms with Crippen LogP contribution in [0.4, 0.5) is 15.6 Å². The van der Waals surface area contributed by atoms with Crippen LogP contribution in [-0.2, 0) is 4.74 Å². The van der Waals surface area contributed by atoms with Gasteiger partial charge in [-0.05, 0) is 78.3 Å². The van der Waals surface area contributed by atoms with E-state index in [1.807, 2.05) is 23.2 Å². The summed E-state index contributed by atoms with van der Waals surface area (Å²) in [5.74, 6) is 2.01. The summed E-state index contributed by atoms with van der Waals surface area (Å²) in [6, 6.07) is 10.3. The maximum atomic E-state index is 13.3. The molecule has 3 aliphatic rings. The first-order valence-corrected chi connectivity index (χ1v) is 11.9. The zero-order valence-corrected chi connectivity index (χ0v) is 18.4. The van der Waals surface area contributed by atoms with Crippen molar-refractivity contribution in [1.29, 1.82) is 0 Å². The van der Waals surface area contributed by atoms with E-state index in [0.29, 0.717) is 28.8 Å². The van der Waals surface area contributed by atoms with Gasteiger partial charge in [-0.2, -0.15) is 5.10 Å². The molecule has 8 heteroatoms. The predicted molar refractivity (Wildman–Crippen MR) is 125 cm³/mol. The molecule has 7 nitrogen and oxygen atoms in total. The lowest BCUT2D eigenvalue weighted by atomic mass is 9.66. The number of fused-ring (bicyclic) bond motifs is 10. The van der Waals surface area contributed by atoms with E-state index >= 15 is 0 Å². The van der Waals surface area contributed by atoms with Crippen molar-refractivity contribution in [3.8, 4) is 0 Å². The molecule has 2 aromatic carbocycles. The summed E-state index contributed by atoms with van der Waals surface area (Å²) >= 11 is 1.49. The molecule has 2 bridgehead atoms. The van der Waals surface area contributed by atoms with Crippen LogP contribution < -0.4 is 10.6 Å². The van der Waals surface area contributed by atoms with Gasteiger partial charge in [0, 0.05) is 5.39 Å². The SMILES string of the molecule is COC(=O)N1c2ccc3[nH]ncc3c2C2C3CCC(C3)[C@H]2[C@@H]1c1ccc2nc(N)sc2c1. The Morgan fingerprint density at radius 1 is 1.25 bits per heavy atom. The number of ether oxygens (including phenoxy) is 1. The molecule has 2 fully saturated rings. The number of nitrogen functional groups attached to an aromatic ring is 1. The number of hydrogen-bond acceptors (Lipinski definition) is 6. The molecule has 3 heterocycles. The summed E-state index contributed by atoms with van der Waals surface area (Å²) in [5, 5.41) is 9.12. The molecule has 1 aliphatic heterocycles. The Morgan fingerprint density at radius 2 is 2.12 bits per heavy atom. The largest absolute Gasteiger partial charge is 0.452 e. The molecule has 162 valence electrons. The second-order valence-electron chi connectivity index (χ2n) is 9.33. The number of rotatable bonds is 1. The first kappa shape index (κ1) is 18.4. The Hall–Kier alpha value is -3.13. The fourth-order valence-electron chi connectivity index (χ4n) is 6.95. The molecule has 5 atom stereocenters. The van der Waals surface area contributed by atoms with E-state index in [9.17, 15) is 4.79 Å². The topological polar surface area (TPSA) is 97.1 Å². The van der Waals surface area contributed by atoms with Crippen LogP contribution in [0.3, 0.4) is 0 Å². The van der Waals surface area contributed by atoms with Crippen molar-refractivity contribution >= 4 is 49.4 Å². The van der Waals surface area contributed by atoms with Crippen molar-refractivity contribution < 1.29 is 9.53 Å². The van der Waals surface area contributed by atoms with Crippen LogP contribution >= 0.6 is 11.3 Å². The van der Waals surface area contributed by atoms with Gasteiger partial charge in [0.1, 0.15) is 0 Å². The number of hydrogen-bond donors (Lipinski definition) is 2. The zero-order chi connectivity index (χ0) is 21.6. The number of thiazole rings is 1. The van der Waals surface area contributed by atoms with E-state index in [4.69, 9.17) is 10.5 Å². The van der Waals surface area contributed by atoms with Crippen molar-refractivity contribution in [2.75, 3.05) is 17.7 Å². The quantitative estimate of drug-likeness (QED) is 0.419. The lowest BCUT2D eigenvalue weighted by molar-refractivity contribution is 0.161. The number of methoxy groups -OCH3 is 1. The molecule has 7 rings (SSSR count). The normalized spacial score (nSPS) is 28.3. The molecule has 32 heavy (non-hydrogen) atoms. The molecular weight excluding hydrogens is 422 g/mol. The van der Waals surface area contributed by atoms with Gasteiger partial charge in [-0.25, -0.2) is 9.78 Å². The smallest absolute Gasteiger partial charge is 0.414 e. The third-order valence-electron chi connectivity index (χ3n) is 8.00. The van der Waals surface area contributed by atoms with Gasteiger partial charge in [0.2, 0.25) is 0 Å². The maximum Gasteiger partial charge on any atom is 0.414 e. The van der Waals surface area contributed by atoms with Gasteiger partial charge in [0.25, 0.3) is 0 Å². The van der Waals surface area contributed by atoms with Crippen molar-refractivity contribution in [2.45, 2.75) is 31.2 Å². The van der Waals surface area contributed by atoms with E-state index in [0.717, 1.165) is 32.4 Å². The minimum atomic E-state index is -0.316. The second kappa shape index (κ2) is 6.45. The Morgan fingerprint density at radius 3 is 3.00 bits per heavy atom. The number of nitrogens with one attached hydrogen (secondary N) is 1. The Bertz CT molecular complexity index is 1390. The highest BCUT2D eigenvalue weighted by Gasteiger charge is 2.57. The standard InChI is InChI=1S/C24H23N5O2S/c1-31-24(30)29-17-7-6-15-14(10-26-28-15)21(17)19-11-2-3-12(8-11)20(19)22(29)13-4-5-16-18(9-13)32-23(25)27-16/h4-7,9-12,19-20,22H,2-3,8H2,1H3,(H2,25,27)(H,26,28)/t11?,12?,19?,20-,22+/m1/s1. The number of nitrogens with two attached hydrogens (primary N) is 1. The number of aromatic nitrogens is 3. The van der Waals surface area contributed by atoms with Crippen LogP contribution in [0.25, 0.3) is 21.1 Å². The minimum Gasteiger partial charge on any atom is -0.452 e. The van der Waals surface area contributed by atoms with Crippen LogP contribution in [-0.4, -0.2) is 28.4 Å². The van der Waals surface area contributed by atoms with Crippen LogP contribution in [0.1, 0.15) is 42.3 Å². The van der Waals surface area contributed by atoms with Crippen molar-refractivity contribution in [3.63, 3.8) is 0 Å². The zero-order valence-electron chi connectivity index (χ0n) is 17.6. The molecular formula is C24H23N5O2S. The molecule has 1 amide bonds. The Kier molecular flexibility index (Phi) is 3.72. The van der Waals surface area contributed by atoms with Crippen LogP contribution in [0.5, 0.6) is 0 Å².